The molecule has 2 aliphatic heterocycles. The minimum Gasteiger partial charge on any atom is -0.460 e. The highest BCUT2D eigenvalue weighted by molar-refractivity contribution is 5.94. The zero-order chi connectivity index (χ0) is 26.1. The number of nitrogens with zero attached hydrogens (tertiary/aromatic N) is 1. The number of carbonyl (C=O) groups excluding carboxylic acids is 5. The highest BCUT2D eigenvalue weighted by atomic mass is 35.5. The third kappa shape index (κ3) is 8.99. The molecule has 0 bridgehead atoms. The molecule has 4 amide bonds. The average molecular weight is 540 g/mol. The van der Waals surface area contributed by atoms with Crippen LogP contribution in [0.15, 0.2) is 30.3 Å². The summed E-state index contributed by atoms with van der Waals surface area (Å²) in [7, 11) is 0. The van der Waals surface area contributed by atoms with Crippen LogP contribution < -0.4 is 21.3 Å². The number of amides is 4. The van der Waals surface area contributed by atoms with Crippen LogP contribution in [0.4, 0.5) is 0 Å². The normalized spacial score (nSPS) is 21.4. The Bertz CT molecular complexity index is 958. The molecule has 5 N–H and O–H groups in total. The summed E-state index contributed by atoms with van der Waals surface area (Å²) >= 11 is 0. The van der Waals surface area contributed by atoms with Gasteiger partial charge in [0.25, 0.3) is 0 Å². The average Bonchev–Trinajstić information content (AvgIpc) is 3.55. The van der Waals surface area contributed by atoms with Crippen LogP contribution in [0.2, 0.25) is 0 Å². The SMILES string of the molecule is C[C@H](NC(=O)CNC(=O)[C@@H]1C[C@@H](O)CN1C(=O)[C@@H]1CCCN1)C(=O)NCC(=O)OCc1ccccc1.Cl. The number of aliphatic hydroxyl groups excluding tert-OH is 1. The third-order valence-corrected chi connectivity index (χ3v) is 6.07. The van der Waals surface area contributed by atoms with Gasteiger partial charge in [-0.3, -0.25) is 24.0 Å². The maximum absolute atomic E-state index is 12.7. The van der Waals surface area contributed by atoms with E-state index < -0.39 is 48.4 Å². The number of rotatable bonds is 10. The van der Waals surface area contributed by atoms with E-state index in [9.17, 15) is 29.1 Å². The number of β-amino-alcohol motifs (C(OH)–C–C–N with tert-alkyl or cyclic N) is 1. The Kier molecular flexibility index (Phi) is 11.8. The second kappa shape index (κ2) is 14.5. The number of ether oxygens (including phenoxy) is 1. The first-order valence-electron chi connectivity index (χ1n) is 12.0. The van der Waals surface area contributed by atoms with Crippen LogP contribution in [-0.2, 0) is 35.3 Å². The van der Waals surface area contributed by atoms with E-state index in [2.05, 4.69) is 21.3 Å². The van der Waals surface area contributed by atoms with Gasteiger partial charge in [-0.25, -0.2) is 0 Å². The quantitative estimate of drug-likeness (QED) is 0.226. The largest absolute Gasteiger partial charge is 0.460 e. The Hall–Kier alpha value is -3.22. The van der Waals surface area contributed by atoms with E-state index in [4.69, 9.17) is 4.74 Å². The maximum Gasteiger partial charge on any atom is 0.325 e. The van der Waals surface area contributed by atoms with E-state index in [1.54, 1.807) is 12.1 Å². The summed E-state index contributed by atoms with van der Waals surface area (Å²) in [6.45, 7) is 1.54. The minimum absolute atomic E-state index is 0. The van der Waals surface area contributed by atoms with Crippen LogP contribution >= 0.6 is 12.4 Å². The molecule has 37 heavy (non-hydrogen) atoms. The van der Waals surface area contributed by atoms with Gasteiger partial charge >= 0.3 is 5.97 Å². The molecule has 0 spiro atoms. The Balaban J connectivity index is 0.00000481. The van der Waals surface area contributed by atoms with Crippen LogP contribution in [-0.4, -0.2) is 90.0 Å². The first-order valence-corrected chi connectivity index (χ1v) is 12.0. The van der Waals surface area contributed by atoms with Gasteiger partial charge in [0.05, 0.1) is 18.7 Å². The molecular weight excluding hydrogens is 506 g/mol. The lowest BCUT2D eigenvalue weighted by Crippen LogP contribution is -2.53. The van der Waals surface area contributed by atoms with Crippen molar-refractivity contribution >= 4 is 42.0 Å². The number of halogens is 1. The summed E-state index contributed by atoms with van der Waals surface area (Å²) in [6, 6.07) is 6.89. The number of aliphatic hydroxyl groups is 1. The topological polar surface area (TPSA) is 166 Å². The van der Waals surface area contributed by atoms with E-state index in [1.807, 2.05) is 18.2 Å². The van der Waals surface area contributed by atoms with Crippen molar-refractivity contribution in [3.63, 3.8) is 0 Å². The number of likely N-dealkylation sites (tertiary alicyclic amines) is 1. The molecule has 0 radical (unpaired) electrons. The molecule has 4 atom stereocenters. The van der Waals surface area contributed by atoms with Crippen molar-refractivity contribution in [2.75, 3.05) is 26.2 Å². The Morgan fingerprint density at radius 1 is 1.14 bits per heavy atom. The predicted molar refractivity (Wildman–Crippen MR) is 134 cm³/mol. The van der Waals surface area contributed by atoms with E-state index in [0.717, 1.165) is 18.5 Å². The van der Waals surface area contributed by atoms with Crippen molar-refractivity contribution in [1.29, 1.82) is 0 Å². The summed E-state index contributed by atoms with van der Waals surface area (Å²) in [5, 5.41) is 20.4. The Morgan fingerprint density at radius 2 is 1.86 bits per heavy atom. The Morgan fingerprint density at radius 3 is 2.54 bits per heavy atom. The van der Waals surface area contributed by atoms with Crippen LogP contribution in [0, 0.1) is 0 Å². The standard InChI is InChI=1S/C24H33N5O7.ClH/c1-15(22(33)27-12-21(32)36-14-16-6-3-2-4-7-16)28-20(31)11-26-23(34)19-10-17(30)13-29(19)24(35)18-8-5-9-25-18;/h2-4,6-7,15,17-19,25,30H,5,8-14H2,1H3,(H,26,34)(H,27,33)(H,28,31);1H/t15-,17+,18-,19-;/m0./s1. The predicted octanol–water partition coefficient (Wildman–Crippen LogP) is -1.40. The monoisotopic (exact) mass is 539 g/mol. The molecule has 0 aliphatic carbocycles. The smallest absolute Gasteiger partial charge is 0.325 e. The Labute approximate surface area is 221 Å². The van der Waals surface area contributed by atoms with Crippen molar-refractivity contribution in [3.05, 3.63) is 35.9 Å². The zero-order valence-electron chi connectivity index (χ0n) is 20.6. The molecule has 0 unspecified atom stereocenters. The fourth-order valence-electron chi connectivity index (χ4n) is 4.15. The number of carbonyl (C=O) groups is 5. The van der Waals surface area contributed by atoms with E-state index in [0.29, 0.717) is 6.42 Å². The van der Waals surface area contributed by atoms with Gasteiger partial charge in [0.1, 0.15) is 25.2 Å². The van der Waals surface area contributed by atoms with Crippen LogP contribution in [0.25, 0.3) is 0 Å². The zero-order valence-corrected chi connectivity index (χ0v) is 21.4. The molecule has 1 aromatic rings. The van der Waals surface area contributed by atoms with Crippen molar-refractivity contribution in [1.82, 2.24) is 26.2 Å². The van der Waals surface area contributed by atoms with Crippen LogP contribution in [0.5, 0.6) is 0 Å². The van der Waals surface area contributed by atoms with Crippen LogP contribution in [0.3, 0.4) is 0 Å². The van der Waals surface area contributed by atoms with E-state index >= 15 is 0 Å². The molecule has 2 aliphatic rings. The van der Waals surface area contributed by atoms with Gasteiger partial charge < -0.3 is 36.0 Å². The van der Waals surface area contributed by atoms with Gasteiger partial charge in [0, 0.05) is 13.0 Å². The molecule has 0 aromatic heterocycles. The fourth-order valence-corrected chi connectivity index (χ4v) is 4.15. The van der Waals surface area contributed by atoms with Gasteiger partial charge in [-0.2, -0.15) is 0 Å². The van der Waals surface area contributed by atoms with Crippen molar-refractivity contribution in [3.8, 4) is 0 Å². The van der Waals surface area contributed by atoms with Gasteiger partial charge in [-0.1, -0.05) is 30.3 Å². The second-order valence-electron chi connectivity index (χ2n) is 8.92. The van der Waals surface area contributed by atoms with E-state index in [-0.39, 0.29) is 50.5 Å². The molecule has 204 valence electrons. The molecule has 12 nitrogen and oxygen atoms in total. The van der Waals surface area contributed by atoms with Crippen molar-refractivity contribution in [2.45, 2.75) is 57.0 Å². The molecule has 2 heterocycles. The highest BCUT2D eigenvalue weighted by Gasteiger charge is 2.41. The van der Waals surface area contributed by atoms with Gasteiger partial charge in [-0.05, 0) is 31.9 Å². The second-order valence-corrected chi connectivity index (χ2v) is 8.92. The molecule has 0 saturated carbocycles. The van der Waals surface area contributed by atoms with Gasteiger partial charge in [0.15, 0.2) is 0 Å². The molecule has 13 heteroatoms. The third-order valence-electron chi connectivity index (χ3n) is 6.07. The molecule has 3 rings (SSSR count). The maximum atomic E-state index is 12.7. The minimum atomic E-state index is -0.962. The number of nitrogens with one attached hydrogen (secondary N) is 4. The summed E-state index contributed by atoms with van der Waals surface area (Å²) in [5.74, 6) is -2.62. The first kappa shape index (κ1) is 30.0. The molecular formula is C24H34ClN5O7. The summed E-state index contributed by atoms with van der Waals surface area (Å²) < 4.78 is 5.08. The van der Waals surface area contributed by atoms with Gasteiger partial charge in [0.2, 0.25) is 23.6 Å². The molecule has 2 fully saturated rings. The van der Waals surface area contributed by atoms with Gasteiger partial charge in [-0.15, -0.1) is 12.4 Å². The number of benzene rings is 1. The fraction of sp³-hybridized carbons (Fsp3) is 0.542. The lowest BCUT2D eigenvalue weighted by atomic mass is 10.1. The first-order chi connectivity index (χ1) is 17.2. The van der Waals surface area contributed by atoms with Crippen molar-refractivity contribution < 1.29 is 33.8 Å². The number of hydrogen-bond donors (Lipinski definition) is 5. The summed E-state index contributed by atoms with van der Waals surface area (Å²) in [6.07, 6.45) is 0.811. The number of hydrogen-bond acceptors (Lipinski definition) is 8. The van der Waals surface area contributed by atoms with E-state index in [1.165, 1.54) is 11.8 Å². The number of esters is 1. The van der Waals surface area contributed by atoms with Crippen molar-refractivity contribution in [2.24, 2.45) is 0 Å². The summed E-state index contributed by atoms with van der Waals surface area (Å²) in [4.78, 5) is 62.9. The van der Waals surface area contributed by atoms with Crippen LogP contribution in [0.1, 0.15) is 31.7 Å². The molecule has 2 saturated heterocycles. The summed E-state index contributed by atoms with van der Waals surface area (Å²) in [5.41, 5.74) is 0.814. The lowest BCUT2D eigenvalue weighted by Gasteiger charge is -2.26. The lowest BCUT2D eigenvalue weighted by molar-refractivity contribution is -0.145. The molecule has 1 aromatic carbocycles. The highest BCUT2D eigenvalue weighted by Crippen LogP contribution is 2.21.